The van der Waals surface area contributed by atoms with Gasteiger partial charge in [0.05, 0.1) is 18.0 Å². The molecule has 7 heteroatoms. The van der Waals surface area contributed by atoms with E-state index in [1.165, 1.54) is 14.0 Å². The number of aromatic nitrogens is 2. The number of guanidine groups is 1. The van der Waals surface area contributed by atoms with Crippen LogP contribution in [0.2, 0.25) is 0 Å². The summed E-state index contributed by atoms with van der Waals surface area (Å²) in [5.41, 5.74) is 7.33. The zero-order chi connectivity index (χ0) is 14.7. The third kappa shape index (κ3) is 3.00. The number of carbonyl (C=O) groups excluding carboxylic acids is 1. The summed E-state index contributed by atoms with van der Waals surface area (Å²) in [6.07, 6.45) is 0. The van der Waals surface area contributed by atoms with Crippen LogP contribution in [0.4, 0.5) is 5.95 Å². The third-order valence-electron chi connectivity index (χ3n) is 2.52. The lowest BCUT2D eigenvalue weighted by Gasteiger charge is -2.06. The van der Waals surface area contributed by atoms with Crippen LogP contribution >= 0.6 is 0 Å². The zero-order valence-corrected chi connectivity index (χ0v) is 11.5. The van der Waals surface area contributed by atoms with Gasteiger partial charge in [-0.2, -0.15) is 9.98 Å². The van der Waals surface area contributed by atoms with Crippen molar-refractivity contribution in [1.82, 2.24) is 15.3 Å². The number of hydrogen-bond acceptors (Lipinski definition) is 5. The van der Waals surface area contributed by atoms with E-state index in [9.17, 15) is 4.79 Å². The number of carbonyl (C=O) groups is 1. The van der Waals surface area contributed by atoms with E-state index in [0.717, 1.165) is 10.9 Å². The van der Waals surface area contributed by atoms with Gasteiger partial charge in [0.25, 0.3) is 5.95 Å². The molecule has 0 fully saturated rings. The molecular formula is C13H15N5O2. The van der Waals surface area contributed by atoms with Crippen LogP contribution in [-0.4, -0.2) is 28.9 Å². The number of nitrogens with one attached hydrogen (secondary N) is 1. The maximum Gasteiger partial charge on any atom is 0.256 e. The first-order chi connectivity index (χ1) is 9.49. The van der Waals surface area contributed by atoms with Crippen molar-refractivity contribution in [2.75, 3.05) is 7.11 Å². The first-order valence-corrected chi connectivity index (χ1v) is 5.93. The molecule has 1 aromatic carbocycles. The summed E-state index contributed by atoms with van der Waals surface area (Å²) in [4.78, 5) is 23.2. The minimum Gasteiger partial charge on any atom is -0.480 e. The van der Waals surface area contributed by atoms with Crippen LogP contribution in [-0.2, 0) is 4.79 Å². The summed E-state index contributed by atoms with van der Waals surface area (Å²) in [5.74, 6) is 0.165. The Bertz CT molecular complexity index is 696. The Morgan fingerprint density at radius 2 is 2.15 bits per heavy atom. The van der Waals surface area contributed by atoms with Crippen LogP contribution in [0, 0.1) is 6.92 Å². The number of nitrogens with two attached hydrogens (primary N) is 1. The smallest absolute Gasteiger partial charge is 0.256 e. The fourth-order valence-electron chi connectivity index (χ4n) is 1.72. The Balaban J connectivity index is 2.51. The number of aryl methyl sites for hydroxylation is 1. The quantitative estimate of drug-likeness (QED) is 0.628. The zero-order valence-electron chi connectivity index (χ0n) is 11.5. The fourth-order valence-corrected chi connectivity index (χ4v) is 1.72. The molecule has 0 saturated heterocycles. The number of amides is 1. The van der Waals surface area contributed by atoms with Gasteiger partial charge in [0.1, 0.15) is 0 Å². The van der Waals surface area contributed by atoms with Crippen molar-refractivity contribution in [3.8, 4) is 5.88 Å². The Morgan fingerprint density at radius 1 is 1.40 bits per heavy atom. The Morgan fingerprint density at radius 3 is 2.80 bits per heavy atom. The lowest BCUT2D eigenvalue weighted by Crippen LogP contribution is -2.34. The molecule has 7 nitrogen and oxygen atoms in total. The van der Waals surface area contributed by atoms with Gasteiger partial charge < -0.3 is 10.5 Å². The minimum atomic E-state index is -0.311. The first-order valence-electron chi connectivity index (χ1n) is 5.93. The van der Waals surface area contributed by atoms with Crippen molar-refractivity contribution < 1.29 is 9.53 Å². The largest absolute Gasteiger partial charge is 0.480 e. The van der Waals surface area contributed by atoms with Gasteiger partial charge in [-0.3, -0.25) is 10.1 Å². The second-order valence-electron chi connectivity index (χ2n) is 4.23. The number of rotatable bonds is 2. The van der Waals surface area contributed by atoms with Crippen LogP contribution in [0.5, 0.6) is 5.88 Å². The average Bonchev–Trinajstić information content (AvgIpc) is 2.37. The van der Waals surface area contributed by atoms with E-state index in [4.69, 9.17) is 10.5 Å². The van der Waals surface area contributed by atoms with Gasteiger partial charge in [-0.05, 0) is 19.1 Å². The van der Waals surface area contributed by atoms with Crippen molar-refractivity contribution >= 4 is 28.7 Å². The summed E-state index contributed by atoms with van der Waals surface area (Å²) in [6, 6.07) is 5.71. The molecule has 0 aliphatic carbocycles. The third-order valence-corrected chi connectivity index (χ3v) is 2.52. The highest BCUT2D eigenvalue weighted by Crippen LogP contribution is 2.25. The van der Waals surface area contributed by atoms with E-state index in [0.29, 0.717) is 11.4 Å². The highest BCUT2D eigenvalue weighted by atomic mass is 16.5. The summed E-state index contributed by atoms with van der Waals surface area (Å²) in [5, 5.41) is 3.15. The Kier molecular flexibility index (Phi) is 3.79. The van der Waals surface area contributed by atoms with Gasteiger partial charge in [-0.15, -0.1) is 0 Å². The number of fused-ring (bicyclic) bond motifs is 1. The SMILES string of the molecule is COc1nc(/N=C(\N)NC(C)=O)nc2ccc(C)cc12. The molecule has 1 aromatic heterocycles. The standard InChI is InChI=1S/C13H15N5O2/c1-7-4-5-10-9(6-7)11(20-3)17-13(16-10)18-12(14)15-8(2)19/h4-6H,1-3H3,(H3,14,15,16,17,18,19). The molecule has 0 radical (unpaired) electrons. The molecule has 0 aliphatic rings. The van der Waals surface area contributed by atoms with Crippen LogP contribution in [0.15, 0.2) is 23.2 Å². The second kappa shape index (κ2) is 5.52. The number of benzene rings is 1. The summed E-state index contributed by atoms with van der Waals surface area (Å²) < 4.78 is 5.24. The van der Waals surface area contributed by atoms with Crippen LogP contribution in [0.1, 0.15) is 12.5 Å². The number of ether oxygens (including phenoxy) is 1. The summed E-state index contributed by atoms with van der Waals surface area (Å²) >= 11 is 0. The van der Waals surface area contributed by atoms with Gasteiger partial charge in [-0.1, -0.05) is 11.6 Å². The highest BCUT2D eigenvalue weighted by Gasteiger charge is 2.08. The topological polar surface area (TPSA) is 102 Å². The molecule has 2 rings (SSSR count). The van der Waals surface area contributed by atoms with E-state index in [1.807, 2.05) is 25.1 Å². The Hall–Kier alpha value is -2.70. The van der Waals surface area contributed by atoms with Crippen molar-refractivity contribution in [2.24, 2.45) is 10.7 Å². The van der Waals surface area contributed by atoms with Gasteiger partial charge in [-0.25, -0.2) is 4.98 Å². The molecule has 2 aromatic rings. The molecule has 20 heavy (non-hydrogen) atoms. The number of aliphatic imine (C=N–C) groups is 1. The molecule has 0 unspecified atom stereocenters. The lowest BCUT2D eigenvalue weighted by atomic mass is 10.2. The predicted molar refractivity (Wildman–Crippen MR) is 75.9 cm³/mol. The second-order valence-corrected chi connectivity index (χ2v) is 4.23. The molecule has 0 bridgehead atoms. The number of nitrogens with zero attached hydrogens (tertiary/aromatic N) is 3. The van der Waals surface area contributed by atoms with E-state index < -0.39 is 0 Å². The maximum atomic E-state index is 10.9. The molecule has 1 amide bonds. The predicted octanol–water partition coefficient (Wildman–Crippen LogP) is 1.03. The molecule has 0 spiro atoms. The first kappa shape index (κ1) is 13.7. The van der Waals surface area contributed by atoms with E-state index >= 15 is 0 Å². The number of hydrogen-bond donors (Lipinski definition) is 2. The molecule has 1 heterocycles. The molecule has 104 valence electrons. The Labute approximate surface area is 115 Å². The molecule has 3 N–H and O–H groups in total. The van der Waals surface area contributed by atoms with Crippen LogP contribution in [0.3, 0.4) is 0 Å². The van der Waals surface area contributed by atoms with Gasteiger partial charge in [0, 0.05) is 6.92 Å². The molecule has 0 saturated carbocycles. The van der Waals surface area contributed by atoms with Crippen LogP contribution < -0.4 is 15.8 Å². The average molecular weight is 273 g/mol. The lowest BCUT2D eigenvalue weighted by molar-refractivity contribution is -0.117. The van der Waals surface area contributed by atoms with E-state index in [-0.39, 0.29) is 17.8 Å². The van der Waals surface area contributed by atoms with E-state index in [1.54, 1.807) is 0 Å². The van der Waals surface area contributed by atoms with Crippen molar-refractivity contribution in [3.63, 3.8) is 0 Å². The normalized spacial score (nSPS) is 11.4. The van der Waals surface area contributed by atoms with Crippen molar-refractivity contribution in [3.05, 3.63) is 23.8 Å². The molecule has 0 aliphatic heterocycles. The summed E-state index contributed by atoms with van der Waals surface area (Å²) in [6.45, 7) is 3.31. The fraction of sp³-hybridized carbons (Fsp3) is 0.231. The van der Waals surface area contributed by atoms with Gasteiger partial charge in [0.15, 0.2) is 0 Å². The van der Waals surface area contributed by atoms with Crippen LogP contribution in [0.25, 0.3) is 10.9 Å². The van der Waals surface area contributed by atoms with Gasteiger partial charge in [0.2, 0.25) is 17.7 Å². The minimum absolute atomic E-state index is 0.0639. The highest BCUT2D eigenvalue weighted by molar-refractivity contribution is 5.96. The molecular weight excluding hydrogens is 258 g/mol. The van der Waals surface area contributed by atoms with Crippen molar-refractivity contribution in [1.29, 1.82) is 0 Å². The maximum absolute atomic E-state index is 10.9. The van der Waals surface area contributed by atoms with E-state index in [2.05, 4.69) is 20.3 Å². The van der Waals surface area contributed by atoms with Crippen molar-refractivity contribution in [2.45, 2.75) is 13.8 Å². The number of methoxy groups -OCH3 is 1. The summed E-state index contributed by atoms with van der Waals surface area (Å²) in [7, 11) is 1.52. The van der Waals surface area contributed by atoms with Gasteiger partial charge >= 0.3 is 0 Å². The molecule has 0 atom stereocenters. The monoisotopic (exact) mass is 273 g/mol.